The van der Waals surface area contributed by atoms with Crippen molar-refractivity contribution in [3.05, 3.63) is 0 Å². The van der Waals surface area contributed by atoms with Crippen LogP contribution >= 0.6 is 0 Å². The van der Waals surface area contributed by atoms with Gasteiger partial charge >= 0.3 is 0 Å². The second-order valence-corrected chi connectivity index (χ2v) is 6.85. The van der Waals surface area contributed by atoms with E-state index in [2.05, 4.69) is 24.2 Å². The van der Waals surface area contributed by atoms with Crippen molar-refractivity contribution >= 4 is 0 Å². The summed E-state index contributed by atoms with van der Waals surface area (Å²) in [5.74, 6) is 0.957. The van der Waals surface area contributed by atoms with E-state index in [0.717, 1.165) is 30.1 Å². The van der Waals surface area contributed by atoms with Crippen molar-refractivity contribution in [3.8, 4) is 0 Å². The zero-order valence-corrected chi connectivity index (χ0v) is 11.5. The monoisotopic (exact) mass is 236 g/mol. The lowest BCUT2D eigenvalue weighted by Crippen LogP contribution is -2.55. The van der Waals surface area contributed by atoms with Crippen LogP contribution in [0, 0.1) is 5.92 Å². The van der Waals surface area contributed by atoms with Crippen LogP contribution in [0.4, 0.5) is 0 Å². The first kappa shape index (κ1) is 12.0. The fraction of sp³-hybridized carbons (Fsp3) is 1.00. The first-order valence-electron chi connectivity index (χ1n) is 7.70. The molecule has 3 rings (SSSR count). The van der Waals surface area contributed by atoms with Crippen LogP contribution < -0.4 is 5.32 Å². The number of nitrogens with zero attached hydrogens (tertiary/aromatic N) is 1. The maximum absolute atomic E-state index is 3.97. The van der Waals surface area contributed by atoms with Crippen LogP contribution in [0.1, 0.15) is 58.3 Å². The molecular formula is C15H28N2. The molecule has 2 aliphatic heterocycles. The largest absolute Gasteiger partial charge is 0.311 e. The highest BCUT2D eigenvalue weighted by Crippen LogP contribution is 2.34. The van der Waals surface area contributed by atoms with Gasteiger partial charge in [0.05, 0.1) is 0 Å². The predicted molar refractivity (Wildman–Crippen MR) is 72.2 cm³/mol. The van der Waals surface area contributed by atoms with Gasteiger partial charge in [0.25, 0.3) is 0 Å². The summed E-state index contributed by atoms with van der Waals surface area (Å²) >= 11 is 0. The average Bonchev–Trinajstić information content (AvgIpc) is 2.66. The smallest absolute Gasteiger partial charge is 0.0110 e. The van der Waals surface area contributed by atoms with Crippen molar-refractivity contribution in [2.45, 2.75) is 82.5 Å². The zero-order chi connectivity index (χ0) is 11.8. The van der Waals surface area contributed by atoms with Gasteiger partial charge in [0.2, 0.25) is 0 Å². The molecule has 2 bridgehead atoms. The summed E-state index contributed by atoms with van der Waals surface area (Å²) in [6.45, 7) is 2.41. The fourth-order valence-corrected chi connectivity index (χ4v) is 4.44. The molecule has 0 aromatic carbocycles. The van der Waals surface area contributed by atoms with Gasteiger partial charge in [-0.25, -0.2) is 0 Å². The Bertz CT molecular complexity index is 252. The van der Waals surface area contributed by atoms with Gasteiger partial charge in [-0.2, -0.15) is 0 Å². The Labute approximate surface area is 106 Å². The summed E-state index contributed by atoms with van der Waals surface area (Å²) < 4.78 is 0. The van der Waals surface area contributed by atoms with Crippen LogP contribution in [0.2, 0.25) is 0 Å². The summed E-state index contributed by atoms with van der Waals surface area (Å²) in [5.41, 5.74) is 0. The zero-order valence-electron chi connectivity index (χ0n) is 11.5. The van der Waals surface area contributed by atoms with E-state index in [0.29, 0.717) is 0 Å². The van der Waals surface area contributed by atoms with Gasteiger partial charge in [0.1, 0.15) is 0 Å². The van der Waals surface area contributed by atoms with Gasteiger partial charge in [0.15, 0.2) is 0 Å². The molecule has 2 heteroatoms. The molecule has 0 spiro atoms. The molecule has 2 heterocycles. The van der Waals surface area contributed by atoms with E-state index < -0.39 is 0 Å². The van der Waals surface area contributed by atoms with Gasteiger partial charge in [-0.1, -0.05) is 13.3 Å². The average molecular weight is 236 g/mol. The topological polar surface area (TPSA) is 15.3 Å². The molecule has 0 aromatic heterocycles. The van der Waals surface area contributed by atoms with Crippen LogP contribution in [0.5, 0.6) is 0 Å². The maximum Gasteiger partial charge on any atom is 0.0110 e. The van der Waals surface area contributed by atoms with E-state index in [1.54, 1.807) is 0 Å². The predicted octanol–water partition coefficient (Wildman–Crippen LogP) is 2.78. The second-order valence-electron chi connectivity index (χ2n) is 6.85. The molecule has 4 unspecified atom stereocenters. The van der Waals surface area contributed by atoms with Gasteiger partial charge in [-0.15, -0.1) is 0 Å². The first-order chi connectivity index (χ1) is 8.22. The maximum atomic E-state index is 3.97. The molecule has 1 saturated carbocycles. The third-order valence-corrected chi connectivity index (χ3v) is 5.51. The minimum Gasteiger partial charge on any atom is -0.311 e. The molecular weight excluding hydrogens is 208 g/mol. The highest BCUT2D eigenvalue weighted by Gasteiger charge is 2.37. The summed E-state index contributed by atoms with van der Waals surface area (Å²) in [6.07, 6.45) is 11.4. The van der Waals surface area contributed by atoms with E-state index in [4.69, 9.17) is 0 Å². The van der Waals surface area contributed by atoms with Crippen LogP contribution in [0.15, 0.2) is 0 Å². The fourth-order valence-electron chi connectivity index (χ4n) is 4.44. The van der Waals surface area contributed by atoms with Crippen LogP contribution in [0.3, 0.4) is 0 Å². The number of nitrogens with one attached hydrogen (secondary N) is 1. The first-order valence-corrected chi connectivity index (χ1v) is 7.70. The molecule has 0 aromatic rings. The van der Waals surface area contributed by atoms with E-state index in [1.165, 1.54) is 51.4 Å². The Morgan fingerprint density at radius 2 is 1.59 bits per heavy atom. The molecule has 17 heavy (non-hydrogen) atoms. The highest BCUT2D eigenvalue weighted by atomic mass is 15.2. The molecule has 2 nitrogen and oxygen atoms in total. The number of piperidine rings is 2. The van der Waals surface area contributed by atoms with E-state index >= 15 is 0 Å². The van der Waals surface area contributed by atoms with Crippen molar-refractivity contribution in [1.82, 2.24) is 10.2 Å². The minimum atomic E-state index is 0.816. The molecule has 3 aliphatic rings. The Kier molecular flexibility index (Phi) is 3.45. The number of fused-ring (bicyclic) bond motifs is 2. The van der Waals surface area contributed by atoms with Crippen LogP contribution in [0.25, 0.3) is 0 Å². The molecule has 1 aliphatic carbocycles. The third-order valence-electron chi connectivity index (χ3n) is 5.51. The summed E-state index contributed by atoms with van der Waals surface area (Å²) in [6, 6.07) is 3.40. The normalized spacial score (nSPS) is 47.3. The molecule has 98 valence electrons. The van der Waals surface area contributed by atoms with Crippen molar-refractivity contribution in [3.63, 3.8) is 0 Å². The lowest BCUT2D eigenvalue weighted by atomic mass is 9.82. The number of hydrogen-bond acceptors (Lipinski definition) is 2. The van der Waals surface area contributed by atoms with Crippen LogP contribution in [-0.4, -0.2) is 36.1 Å². The highest BCUT2D eigenvalue weighted by molar-refractivity contribution is 4.95. The molecule has 2 saturated heterocycles. The van der Waals surface area contributed by atoms with E-state index in [9.17, 15) is 0 Å². The molecule has 0 radical (unpaired) electrons. The van der Waals surface area contributed by atoms with Crippen molar-refractivity contribution in [2.24, 2.45) is 5.92 Å². The standard InChI is InChI=1S/C15H28N2/c1-11-6-7-12(8-11)16-13-9-14-4-3-5-15(10-13)17(14)2/h11-16H,3-10H2,1-2H3. The van der Waals surface area contributed by atoms with Crippen molar-refractivity contribution in [1.29, 1.82) is 0 Å². The second kappa shape index (κ2) is 4.89. The minimum absolute atomic E-state index is 0.816. The molecule has 0 amide bonds. The van der Waals surface area contributed by atoms with E-state index in [1.807, 2.05) is 0 Å². The molecule has 4 atom stereocenters. The Hall–Kier alpha value is -0.0800. The van der Waals surface area contributed by atoms with E-state index in [-0.39, 0.29) is 0 Å². The van der Waals surface area contributed by atoms with Crippen molar-refractivity contribution < 1.29 is 0 Å². The van der Waals surface area contributed by atoms with Crippen LogP contribution in [-0.2, 0) is 0 Å². The SMILES string of the molecule is CC1CCC(NC2CC3CCCC(C2)N3C)C1. The van der Waals surface area contributed by atoms with Crippen molar-refractivity contribution in [2.75, 3.05) is 7.05 Å². The molecule has 3 fully saturated rings. The summed E-state index contributed by atoms with van der Waals surface area (Å²) in [4.78, 5) is 2.67. The van der Waals surface area contributed by atoms with Gasteiger partial charge < -0.3 is 10.2 Å². The quantitative estimate of drug-likeness (QED) is 0.793. The van der Waals surface area contributed by atoms with Gasteiger partial charge in [-0.05, 0) is 57.9 Å². The lowest BCUT2D eigenvalue weighted by Gasteiger charge is -2.47. The third kappa shape index (κ3) is 2.53. The molecule has 1 N–H and O–H groups in total. The lowest BCUT2D eigenvalue weighted by molar-refractivity contribution is 0.0459. The van der Waals surface area contributed by atoms with Gasteiger partial charge in [-0.3, -0.25) is 0 Å². The summed E-state index contributed by atoms with van der Waals surface area (Å²) in [7, 11) is 2.35. The number of hydrogen-bond donors (Lipinski definition) is 1. The summed E-state index contributed by atoms with van der Waals surface area (Å²) in [5, 5.41) is 3.97. The Balaban J connectivity index is 1.55. The Morgan fingerprint density at radius 1 is 0.882 bits per heavy atom. The Morgan fingerprint density at radius 3 is 2.18 bits per heavy atom. The number of rotatable bonds is 2. The van der Waals surface area contributed by atoms with Gasteiger partial charge in [0, 0.05) is 24.2 Å².